The van der Waals surface area contributed by atoms with Gasteiger partial charge in [-0.1, -0.05) is 127 Å². The number of aromatic nitrogens is 1. The van der Waals surface area contributed by atoms with Crippen LogP contribution in [0.15, 0.2) is 156 Å². The molecule has 2 heteroatoms. The van der Waals surface area contributed by atoms with E-state index < -0.39 is 0 Å². The highest BCUT2D eigenvalue weighted by atomic mass is 16.3. The van der Waals surface area contributed by atoms with Gasteiger partial charge in [-0.25, -0.2) is 4.98 Å². The number of rotatable bonds is 4. The molecule has 0 saturated carbocycles. The fourth-order valence-corrected chi connectivity index (χ4v) is 5.99. The molecule has 192 valence electrons. The standard InChI is InChI=1S/C39H25NO/c1-2-10-28(11-3-1)37-31-12-4-6-14-33(31)38(34-15-7-5-13-32(34)37)29-22-18-26(19-23-29)27-20-24-30(25-21-27)39-40-35-16-8-9-17-36(35)41-39/h1-25H. The average molecular weight is 524 g/mol. The smallest absolute Gasteiger partial charge is 0.227 e. The van der Waals surface area contributed by atoms with E-state index in [1.807, 2.05) is 24.3 Å². The van der Waals surface area contributed by atoms with Crippen molar-refractivity contribution in [3.05, 3.63) is 152 Å². The number of oxazole rings is 1. The van der Waals surface area contributed by atoms with Crippen LogP contribution in [0.1, 0.15) is 0 Å². The SMILES string of the molecule is c1ccc(-c2c3ccccc3c(-c3ccc(-c4ccc(-c5nc6ccccc6o5)cc4)cc3)c3ccccc23)cc1. The lowest BCUT2D eigenvalue weighted by Gasteiger charge is -2.18. The van der Waals surface area contributed by atoms with Gasteiger partial charge in [-0.3, -0.25) is 0 Å². The molecule has 0 aliphatic heterocycles. The van der Waals surface area contributed by atoms with Crippen molar-refractivity contribution in [2.75, 3.05) is 0 Å². The molecule has 0 aliphatic carbocycles. The third-order valence-corrected chi connectivity index (χ3v) is 7.93. The van der Waals surface area contributed by atoms with Crippen molar-refractivity contribution < 1.29 is 4.42 Å². The first-order valence-electron chi connectivity index (χ1n) is 13.9. The number of hydrogen-bond donors (Lipinski definition) is 0. The van der Waals surface area contributed by atoms with Crippen molar-refractivity contribution >= 4 is 32.6 Å². The van der Waals surface area contributed by atoms with Crippen LogP contribution in [0.3, 0.4) is 0 Å². The predicted octanol–water partition coefficient (Wildman–Crippen LogP) is 10.8. The van der Waals surface area contributed by atoms with Gasteiger partial charge in [0.25, 0.3) is 0 Å². The molecule has 0 N–H and O–H groups in total. The Balaban J connectivity index is 1.21. The molecule has 8 rings (SSSR count). The Labute approximate surface area is 238 Å². The Kier molecular flexibility index (Phi) is 5.49. The molecular formula is C39H25NO. The Morgan fingerprint density at radius 3 is 1.29 bits per heavy atom. The van der Waals surface area contributed by atoms with E-state index in [1.54, 1.807) is 0 Å². The summed E-state index contributed by atoms with van der Waals surface area (Å²) in [6, 6.07) is 53.5. The van der Waals surface area contributed by atoms with Crippen molar-refractivity contribution in [1.82, 2.24) is 4.98 Å². The van der Waals surface area contributed by atoms with E-state index in [2.05, 4.69) is 132 Å². The zero-order chi connectivity index (χ0) is 27.2. The van der Waals surface area contributed by atoms with Gasteiger partial charge in [-0.2, -0.15) is 0 Å². The summed E-state index contributed by atoms with van der Waals surface area (Å²) in [6.07, 6.45) is 0. The lowest BCUT2D eigenvalue weighted by molar-refractivity contribution is 0.620. The topological polar surface area (TPSA) is 26.0 Å². The highest BCUT2D eigenvalue weighted by Crippen LogP contribution is 2.43. The van der Waals surface area contributed by atoms with Crippen LogP contribution < -0.4 is 0 Å². The zero-order valence-electron chi connectivity index (χ0n) is 22.3. The molecule has 8 aromatic rings. The molecular weight excluding hydrogens is 498 g/mol. The lowest BCUT2D eigenvalue weighted by atomic mass is 9.86. The van der Waals surface area contributed by atoms with Crippen molar-refractivity contribution in [3.63, 3.8) is 0 Å². The highest BCUT2D eigenvalue weighted by molar-refractivity contribution is 6.21. The summed E-state index contributed by atoms with van der Waals surface area (Å²) in [7, 11) is 0. The van der Waals surface area contributed by atoms with Crippen LogP contribution in [-0.2, 0) is 0 Å². The van der Waals surface area contributed by atoms with E-state index in [9.17, 15) is 0 Å². The largest absolute Gasteiger partial charge is 0.436 e. The van der Waals surface area contributed by atoms with Crippen LogP contribution in [0.5, 0.6) is 0 Å². The summed E-state index contributed by atoms with van der Waals surface area (Å²) in [4.78, 5) is 4.64. The van der Waals surface area contributed by atoms with Gasteiger partial charge in [0.15, 0.2) is 5.58 Å². The maximum atomic E-state index is 5.96. The van der Waals surface area contributed by atoms with Crippen LogP contribution >= 0.6 is 0 Å². The quantitative estimate of drug-likeness (QED) is 0.214. The number of nitrogens with zero attached hydrogens (tertiary/aromatic N) is 1. The van der Waals surface area contributed by atoms with Gasteiger partial charge >= 0.3 is 0 Å². The first kappa shape index (κ1) is 23.4. The second kappa shape index (κ2) is 9.62. The first-order valence-corrected chi connectivity index (χ1v) is 13.9. The minimum atomic E-state index is 0.644. The molecule has 7 aromatic carbocycles. The number of benzene rings is 7. The summed E-state index contributed by atoms with van der Waals surface area (Å²) in [5.74, 6) is 0.644. The summed E-state index contributed by atoms with van der Waals surface area (Å²) >= 11 is 0. The molecule has 0 atom stereocenters. The fourth-order valence-electron chi connectivity index (χ4n) is 5.99. The number of fused-ring (bicyclic) bond motifs is 3. The Hall–Kier alpha value is -5.47. The monoisotopic (exact) mass is 523 g/mol. The summed E-state index contributed by atoms with van der Waals surface area (Å²) in [5, 5.41) is 5.07. The average Bonchev–Trinajstić information content (AvgIpc) is 3.49. The molecule has 0 saturated heterocycles. The van der Waals surface area contributed by atoms with Gasteiger partial charge in [0, 0.05) is 5.56 Å². The fraction of sp³-hybridized carbons (Fsp3) is 0. The Bertz CT molecular complexity index is 2080. The van der Waals surface area contributed by atoms with Gasteiger partial charge < -0.3 is 4.42 Å². The van der Waals surface area contributed by atoms with E-state index in [4.69, 9.17) is 4.42 Å². The molecule has 0 unspecified atom stereocenters. The van der Waals surface area contributed by atoms with Crippen LogP contribution in [0.4, 0.5) is 0 Å². The highest BCUT2D eigenvalue weighted by Gasteiger charge is 2.16. The molecule has 0 amide bonds. The molecule has 1 heterocycles. The third-order valence-electron chi connectivity index (χ3n) is 7.93. The van der Waals surface area contributed by atoms with Gasteiger partial charge in [0.1, 0.15) is 5.52 Å². The molecule has 41 heavy (non-hydrogen) atoms. The van der Waals surface area contributed by atoms with Crippen molar-refractivity contribution in [2.45, 2.75) is 0 Å². The minimum absolute atomic E-state index is 0.644. The Morgan fingerprint density at radius 1 is 0.341 bits per heavy atom. The summed E-state index contributed by atoms with van der Waals surface area (Å²) < 4.78 is 5.96. The maximum absolute atomic E-state index is 5.96. The van der Waals surface area contributed by atoms with E-state index in [1.165, 1.54) is 49.4 Å². The molecule has 0 bridgehead atoms. The molecule has 1 aromatic heterocycles. The van der Waals surface area contributed by atoms with Crippen molar-refractivity contribution in [1.29, 1.82) is 0 Å². The van der Waals surface area contributed by atoms with Crippen LogP contribution in [-0.4, -0.2) is 4.98 Å². The number of para-hydroxylation sites is 2. The van der Waals surface area contributed by atoms with Gasteiger partial charge in [-0.05, 0) is 79.2 Å². The van der Waals surface area contributed by atoms with E-state index >= 15 is 0 Å². The molecule has 2 nitrogen and oxygen atoms in total. The van der Waals surface area contributed by atoms with E-state index in [0.29, 0.717) is 5.89 Å². The first-order chi connectivity index (χ1) is 20.3. The van der Waals surface area contributed by atoms with Gasteiger partial charge in [0.05, 0.1) is 0 Å². The van der Waals surface area contributed by atoms with Gasteiger partial charge in [0.2, 0.25) is 5.89 Å². The van der Waals surface area contributed by atoms with Crippen molar-refractivity contribution in [2.24, 2.45) is 0 Å². The summed E-state index contributed by atoms with van der Waals surface area (Å²) in [6.45, 7) is 0. The van der Waals surface area contributed by atoms with Gasteiger partial charge in [-0.15, -0.1) is 0 Å². The lowest BCUT2D eigenvalue weighted by Crippen LogP contribution is -1.90. The minimum Gasteiger partial charge on any atom is -0.436 e. The number of hydrogen-bond acceptors (Lipinski definition) is 2. The van der Waals surface area contributed by atoms with Crippen LogP contribution in [0.25, 0.3) is 77.5 Å². The second-order valence-electron chi connectivity index (χ2n) is 10.3. The van der Waals surface area contributed by atoms with Crippen molar-refractivity contribution in [3.8, 4) is 44.8 Å². The normalized spacial score (nSPS) is 11.4. The molecule has 0 radical (unpaired) electrons. The van der Waals surface area contributed by atoms with Crippen LogP contribution in [0.2, 0.25) is 0 Å². The molecule has 0 fully saturated rings. The van der Waals surface area contributed by atoms with E-state index in [-0.39, 0.29) is 0 Å². The zero-order valence-corrected chi connectivity index (χ0v) is 22.3. The Morgan fingerprint density at radius 2 is 0.756 bits per heavy atom. The van der Waals surface area contributed by atoms with E-state index in [0.717, 1.165) is 22.2 Å². The maximum Gasteiger partial charge on any atom is 0.227 e. The molecule has 0 aliphatic rings. The third kappa shape index (κ3) is 4.00. The molecule has 0 spiro atoms. The summed E-state index contributed by atoms with van der Waals surface area (Å²) in [5.41, 5.74) is 9.99. The predicted molar refractivity (Wildman–Crippen MR) is 171 cm³/mol. The second-order valence-corrected chi connectivity index (χ2v) is 10.3. The van der Waals surface area contributed by atoms with Crippen LogP contribution in [0, 0.1) is 0 Å².